The van der Waals surface area contributed by atoms with E-state index in [4.69, 9.17) is 6.42 Å². The Morgan fingerprint density at radius 3 is 2.76 bits per heavy atom. The molecule has 2 N–H and O–H groups in total. The number of terminal acetylenes is 1. The highest BCUT2D eigenvalue weighted by Crippen LogP contribution is 2.15. The molecule has 1 heterocycles. The second kappa shape index (κ2) is 8.85. The molecule has 0 aliphatic carbocycles. The Bertz CT molecular complexity index is 1170. The van der Waals surface area contributed by atoms with Crippen molar-refractivity contribution in [2.45, 2.75) is 19.9 Å². The van der Waals surface area contributed by atoms with Crippen molar-refractivity contribution in [1.29, 1.82) is 0 Å². The van der Waals surface area contributed by atoms with Crippen molar-refractivity contribution in [2.24, 2.45) is 0 Å². The smallest absolute Gasteiger partial charge is 0.261 e. The van der Waals surface area contributed by atoms with Crippen LogP contribution in [0.3, 0.4) is 0 Å². The van der Waals surface area contributed by atoms with Crippen molar-refractivity contribution in [3.8, 4) is 12.3 Å². The summed E-state index contributed by atoms with van der Waals surface area (Å²) in [5, 5.41) is 5.80. The zero-order chi connectivity index (χ0) is 20.8. The third kappa shape index (κ3) is 4.50. The Morgan fingerprint density at radius 2 is 1.97 bits per heavy atom. The number of hydrogen-bond acceptors (Lipinski definition) is 4. The first-order valence-electron chi connectivity index (χ1n) is 9.06. The molecule has 3 aromatic rings. The summed E-state index contributed by atoms with van der Waals surface area (Å²) in [5.41, 5.74) is 2.08. The third-order valence-corrected chi connectivity index (χ3v) is 4.43. The first-order chi connectivity index (χ1) is 14.0. The summed E-state index contributed by atoms with van der Waals surface area (Å²) in [5.74, 6) is 1.64. The van der Waals surface area contributed by atoms with Crippen LogP contribution in [0.1, 0.15) is 22.3 Å². The second-order valence-electron chi connectivity index (χ2n) is 6.44. The van der Waals surface area contributed by atoms with Crippen LogP contribution in [0.2, 0.25) is 0 Å². The number of nitrogens with zero attached hydrogens (tertiary/aromatic N) is 2. The van der Waals surface area contributed by atoms with Gasteiger partial charge >= 0.3 is 0 Å². The number of para-hydroxylation sites is 2. The summed E-state index contributed by atoms with van der Waals surface area (Å²) in [4.78, 5) is 41.5. The molecule has 0 radical (unpaired) electrons. The Morgan fingerprint density at radius 1 is 1.17 bits per heavy atom. The lowest BCUT2D eigenvalue weighted by Gasteiger charge is -2.11. The molecule has 0 aliphatic heterocycles. The quantitative estimate of drug-likeness (QED) is 0.633. The van der Waals surface area contributed by atoms with E-state index in [1.54, 1.807) is 36.4 Å². The fourth-order valence-electron chi connectivity index (χ4n) is 2.95. The van der Waals surface area contributed by atoms with Crippen LogP contribution in [0.5, 0.6) is 0 Å². The second-order valence-corrected chi connectivity index (χ2v) is 6.44. The van der Waals surface area contributed by atoms with Gasteiger partial charge in [-0.05, 0) is 30.7 Å². The van der Waals surface area contributed by atoms with Gasteiger partial charge in [-0.2, -0.15) is 0 Å². The molecule has 0 saturated carbocycles. The first kappa shape index (κ1) is 19.8. The largest absolute Gasteiger partial charge is 0.341 e. The van der Waals surface area contributed by atoms with Crippen molar-refractivity contribution in [3.63, 3.8) is 0 Å². The Hall–Kier alpha value is -3.92. The molecule has 0 spiro atoms. The van der Waals surface area contributed by atoms with Gasteiger partial charge in [-0.3, -0.25) is 19.0 Å². The number of benzene rings is 2. The van der Waals surface area contributed by atoms with Crippen molar-refractivity contribution in [1.82, 2.24) is 14.9 Å². The summed E-state index contributed by atoms with van der Waals surface area (Å²) in [6.07, 6.45) is 6.66. The number of carbonyl (C=O) groups excluding carboxylic acids is 2. The fourth-order valence-corrected chi connectivity index (χ4v) is 2.95. The lowest BCUT2D eigenvalue weighted by Crippen LogP contribution is -2.26. The number of anilines is 1. The van der Waals surface area contributed by atoms with E-state index in [0.29, 0.717) is 22.2 Å². The van der Waals surface area contributed by atoms with Gasteiger partial charge in [-0.1, -0.05) is 30.2 Å². The lowest BCUT2D eigenvalue weighted by atomic mass is 10.1. The molecular formula is C22H20N4O3. The summed E-state index contributed by atoms with van der Waals surface area (Å²) >= 11 is 0. The number of amides is 2. The normalized spacial score (nSPS) is 10.3. The molecule has 0 atom stereocenters. The zero-order valence-electron chi connectivity index (χ0n) is 15.9. The number of hydrogen-bond donors (Lipinski definition) is 2. The highest BCUT2D eigenvalue weighted by molar-refractivity contribution is 6.03. The average Bonchev–Trinajstić information content (AvgIpc) is 2.72. The van der Waals surface area contributed by atoms with Crippen LogP contribution in [-0.4, -0.2) is 27.9 Å². The number of rotatable bonds is 6. The molecule has 2 amide bonds. The molecule has 7 nitrogen and oxygen atoms in total. The van der Waals surface area contributed by atoms with Crippen LogP contribution in [0.4, 0.5) is 5.69 Å². The van der Waals surface area contributed by atoms with Gasteiger partial charge in [-0.15, -0.1) is 6.42 Å². The van der Waals surface area contributed by atoms with Crippen LogP contribution in [0, 0.1) is 19.3 Å². The first-order valence-corrected chi connectivity index (χ1v) is 9.06. The van der Waals surface area contributed by atoms with Gasteiger partial charge in [0.15, 0.2) is 0 Å². The van der Waals surface area contributed by atoms with E-state index in [0.717, 1.165) is 5.56 Å². The van der Waals surface area contributed by atoms with Crippen molar-refractivity contribution in [2.75, 3.05) is 11.9 Å². The van der Waals surface area contributed by atoms with E-state index in [1.807, 2.05) is 13.0 Å². The summed E-state index contributed by atoms with van der Waals surface area (Å²) in [6.45, 7) is 2.16. The summed E-state index contributed by atoms with van der Waals surface area (Å²) in [6, 6.07) is 12.1. The molecule has 1 aromatic heterocycles. The molecule has 2 aromatic carbocycles. The van der Waals surface area contributed by atoms with Gasteiger partial charge in [-0.25, -0.2) is 4.98 Å². The average molecular weight is 388 g/mol. The Labute approximate surface area is 167 Å². The van der Waals surface area contributed by atoms with Crippen LogP contribution >= 0.6 is 0 Å². The van der Waals surface area contributed by atoms with Gasteiger partial charge in [0.25, 0.3) is 11.5 Å². The van der Waals surface area contributed by atoms with E-state index in [-0.39, 0.29) is 36.9 Å². The number of aromatic nitrogens is 2. The molecule has 0 fully saturated rings. The molecule has 0 saturated heterocycles. The SMILES string of the molecule is C#CCNC(=O)c1ccccc1NC(=O)CCn1cnc2c(C)cccc2c1=O. The molecule has 0 unspecified atom stereocenters. The molecule has 29 heavy (non-hydrogen) atoms. The zero-order valence-corrected chi connectivity index (χ0v) is 15.9. The maximum Gasteiger partial charge on any atom is 0.261 e. The standard InChI is InChI=1S/C22H20N4O3/c1-3-12-23-21(28)16-8-4-5-10-18(16)25-19(27)11-13-26-14-24-20-15(2)7-6-9-17(20)22(26)29/h1,4-10,14H,11-13H2,2H3,(H,23,28)(H,25,27). The summed E-state index contributed by atoms with van der Waals surface area (Å²) < 4.78 is 1.41. The van der Waals surface area contributed by atoms with E-state index in [2.05, 4.69) is 21.5 Å². The van der Waals surface area contributed by atoms with Crippen LogP contribution in [0.25, 0.3) is 10.9 Å². The van der Waals surface area contributed by atoms with Crippen LogP contribution in [0.15, 0.2) is 53.6 Å². The highest BCUT2D eigenvalue weighted by Gasteiger charge is 2.13. The minimum atomic E-state index is -0.371. The number of nitrogens with one attached hydrogen (secondary N) is 2. The van der Waals surface area contributed by atoms with E-state index in [1.165, 1.54) is 10.9 Å². The number of aryl methyl sites for hydroxylation is 2. The molecule has 0 bridgehead atoms. The van der Waals surface area contributed by atoms with E-state index >= 15 is 0 Å². The fraction of sp³-hybridized carbons (Fsp3) is 0.182. The van der Waals surface area contributed by atoms with Gasteiger partial charge in [0.05, 0.1) is 35.0 Å². The summed E-state index contributed by atoms with van der Waals surface area (Å²) in [7, 11) is 0. The van der Waals surface area contributed by atoms with Crippen LogP contribution in [-0.2, 0) is 11.3 Å². The van der Waals surface area contributed by atoms with Gasteiger partial charge in [0.2, 0.25) is 5.91 Å². The van der Waals surface area contributed by atoms with Crippen molar-refractivity contribution >= 4 is 28.4 Å². The topological polar surface area (TPSA) is 93.1 Å². The van der Waals surface area contributed by atoms with E-state index in [9.17, 15) is 14.4 Å². The van der Waals surface area contributed by atoms with Gasteiger partial charge in [0, 0.05) is 13.0 Å². The Kier molecular flexibility index (Phi) is 6.05. The predicted octanol–water partition coefficient (Wildman–Crippen LogP) is 2.10. The lowest BCUT2D eigenvalue weighted by molar-refractivity contribution is -0.116. The van der Waals surface area contributed by atoms with Gasteiger partial charge in [0.1, 0.15) is 0 Å². The third-order valence-electron chi connectivity index (χ3n) is 4.43. The minimum Gasteiger partial charge on any atom is -0.341 e. The molecule has 0 aliphatic rings. The molecular weight excluding hydrogens is 368 g/mol. The Balaban J connectivity index is 1.71. The maximum atomic E-state index is 12.6. The molecule has 3 rings (SSSR count). The van der Waals surface area contributed by atoms with Crippen molar-refractivity contribution < 1.29 is 9.59 Å². The minimum absolute atomic E-state index is 0.0548. The van der Waals surface area contributed by atoms with Gasteiger partial charge < -0.3 is 10.6 Å². The molecule has 7 heteroatoms. The van der Waals surface area contributed by atoms with E-state index < -0.39 is 0 Å². The highest BCUT2D eigenvalue weighted by atomic mass is 16.2. The maximum absolute atomic E-state index is 12.6. The number of carbonyl (C=O) groups is 2. The number of fused-ring (bicyclic) bond motifs is 1. The monoisotopic (exact) mass is 388 g/mol. The molecule has 146 valence electrons. The van der Waals surface area contributed by atoms with Crippen LogP contribution < -0.4 is 16.2 Å². The predicted molar refractivity (Wildman–Crippen MR) is 112 cm³/mol. The van der Waals surface area contributed by atoms with Crippen molar-refractivity contribution in [3.05, 3.63) is 70.3 Å².